The molecule has 1 atom stereocenters. The van der Waals surface area contributed by atoms with Crippen molar-refractivity contribution in [3.63, 3.8) is 0 Å². The van der Waals surface area contributed by atoms with Crippen molar-refractivity contribution in [1.82, 2.24) is 0 Å². The highest BCUT2D eigenvalue weighted by atomic mass is 79.9. The Bertz CT molecular complexity index is 164. The highest BCUT2D eigenvalue weighted by molar-refractivity contribution is 9.09. The second-order valence-electron chi connectivity index (χ2n) is 5.31. The molecule has 1 nitrogen and oxygen atoms in total. The average molecular weight is 291 g/mol. The molecular formula is C14H27BrO. The van der Waals surface area contributed by atoms with Gasteiger partial charge in [0.2, 0.25) is 0 Å². The van der Waals surface area contributed by atoms with Gasteiger partial charge in [-0.2, -0.15) is 0 Å². The molecule has 0 aliphatic carbocycles. The zero-order valence-electron chi connectivity index (χ0n) is 10.8. The van der Waals surface area contributed by atoms with Gasteiger partial charge in [-0.3, -0.25) is 0 Å². The second-order valence-corrected chi connectivity index (χ2v) is 5.87. The van der Waals surface area contributed by atoms with Gasteiger partial charge in [-0.15, -0.1) is 0 Å². The normalized spacial score (nSPS) is 25.9. The van der Waals surface area contributed by atoms with E-state index in [2.05, 4.69) is 22.9 Å². The molecule has 0 spiro atoms. The van der Waals surface area contributed by atoms with Crippen molar-refractivity contribution >= 4 is 15.9 Å². The van der Waals surface area contributed by atoms with Gasteiger partial charge < -0.3 is 4.74 Å². The van der Waals surface area contributed by atoms with Crippen molar-refractivity contribution in [3.05, 3.63) is 0 Å². The first-order chi connectivity index (χ1) is 7.83. The molecule has 0 aromatic carbocycles. The summed E-state index contributed by atoms with van der Waals surface area (Å²) in [6.07, 6.45) is 12.4. The fourth-order valence-electron chi connectivity index (χ4n) is 2.56. The molecular weight excluding hydrogens is 264 g/mol. The first kappa shape index (κ1) is 14.5. The fraction of sp³-hybridized carbons (Fsp3) is 1.00. The van der Waals surface area contributed by atoms with Crippen LogP contribution in [0.25, 0.3) is 0 Å². The smallest absolute Gasteiger partial charge is 0.0530 e. The van der Waals surface area contributed by atoms with Crippen LogP contribution in [0.3, 0.4) is 0 Å². The lowest BCUT2D eigenvalue weighted by atomic mass is 9.80. The van der Waals surface area contributed by atoms with Crippen LogP contribution in [0.5, 0.6) is 0 Å². The summed E-state index contributed by atoms with van der Waals surface area (Å²) in [6.45, 7) is 4.23. The maximum absolute atomic E-state index is 5.64. The van der Waals surface area contributed by atoms with Crippen LogP contribution in [0, 0.1) is 5.41 Å². The molecule has 1 heterocycles. The SMILES string of the molecule is CCCCCCCCC1(CBr)CCCOC1. The number of unbranched alkanes of at least 4 members (excludes halogenated alkanes) is 5. The number of rotatable bonds is 8. The summed E-state index contributed by atoms with van der Waals surface area (Å²) in [4.78, 5) is 0. The van der Waals surface area contributed by atoms with Gasteiger partial charge in [0.25, 0.3) is 0 Å². The molecule has 16 heavy (non-hydrogen) atoms. The fourth-order valence-corrected chi connectivity index (χ4v) is 3.28. The Hall–Kier alpha value is 0.440. The summed E-state index contributed by atoms with van der Waals surface area (Å²) in [6, 6.07) is 0. The largest absolute Gasteiger partial charge is 0.381 e. The van der Waals surface area contributed by atoms with E-state index in [1.54, 1.807) is 0 Å². The van der Waals surface area contributed by atoms with Gasteiger partial charge in [0.05, 0.1) is 6.61 Å². The summed E-state index contributed by atoms with van der Waals surface area (Å²) in [5, 5.41) is 1.12. The minimum atomic E-state index is 0.461. The molecule has 0 aromatic heterocycles. The molecule has 0 aromatic rings. The van der Waals surface area contributed by atoms with Crippen molar-refractivity contribution in [2.45, 2.75) is 64.7 Å². The second kappa shape index (κ2) is 8.52. The lowest BCUT2D eigenvalue weighted by Crippen LogP contribution is -2.33. The van der Waals surface area contributed by atoms with Crippen molar-refractivity contribution in [2.24, 2.45) is 5.41 Å². The third-order valence-corrected chi connectivity index (χ3v) is 4.94. The van der Waals surface area contributed by atoms with Crippen LogP contribution in [0.15, 0.2) is 0 Å². The average Bonchev–Trinajstić information content (AvgIpc) is 2.35. The molecule has 1 aliphatic rings. The Kier molecular flexibility index (Phi) is 7.72. The Morgan fingerprint density at radius 1 is 1.12 bits per heavy atom. The molecule has 0 N–H and O–H groups in total. The summed E-state index contributed by atoms with van der Waals surface area (Å²) in [5.41, 5.74) is 0.461. The van der Waals surface area contributed by atoms with E-state index in [1.807, 2.05) is 0 Å². The van der Waals surface area contributed by atoms with Gasteiger partial charge in [-0.05, 0) is 19.3 Å². The molecule has 2 heteroatoms. The van der Waals surface area contributed by atoms with Gasteiger partial charge in [0.15, 0.2) is 0 Å². The van der Waals surface area contributed by atoms with Crippen LogP contribution < -0.4 is 0 Å². The van der Waals surface area contributed by atoms with E-state index in [0.717, 1.165) is 18.5 Å². The van der Waals surface area contributed by atoms with Crippen LogP contribution in [0.4, 0.5) is 0 Å². The minimum Gasteiger partial charge on any atom is -0.381 e. The van der Waals surface area contributed by atoms with E-state index in [9.17, 15) is 0 Å². The zero-order chi connectivity index (χ0) is 11.7. The summed E-state index contributed by atoms with van der Waals surface area (Å²) in [7, 11) is 0. The van der Waals surface area contributed by atoms with E-state index in [-0.39, 0.29) is 0 Å². The lowest BCUT2D eigenvalue weighted by molar-refractivity contribution is 0.000215. The highest BCUT2D eigenvalue weighted by Crippen LogP contribution is 2.35. The van der Waals surface area contributed by atoms with Crippen LogP contribution in [0.2, 0.25) is 0 Å². The summed E-state index contributed by atoms with van der Waals surface area (Å²) < 4.78 is 5.64. The number of hydrogen-bond acceptors (Lipinski definition) is 1. The lowest BCUT2D eigenvalue weighted by Gasteiger charge is -2.35. The molecule has 1 rings (SSSR count). The maximum atomic E-state index is 5.64. The van der Waals surface area contributed by atoms with Crippen molar-refractivity contribution in [1.29, 1.82) is 0 Å². The predicted molar refractivity (Wildman–Crippen MR) is 74.3 cm³/mol. The highest BCUT2D eigenvalue weighted by Gasteiger charge is 2.30. The molecule has 1 saturated heterocycles. The first-order valence-electron chi connectivity index (χ1n) is 6.97. The first-order valence-corrected chi connectivity index (χ1v) is 8.09. The van der Waals surface area contributed by atoms with Crippen LogP contribution in [-0.2, 0) is 4.74 Å². The third-order valence-electron chi connectivity index (χ3n) is 3.75. The van der Waals surface area contributed by atoms with Gasteiger partial charge in [-0.1, -0.05) is 61.4 Å². The zero-order valence-corrected chi connectivity index (χ0v) is 12.4. The van der Waals surface area contributed by atoms with E-state index >= 15 is 0 Å². The van der Waals surface area contributed by atoms with E-state index in [4.69, 9.17) is 4.74 Å². The Morgan fingerprint density at radius 3 is 2.50 bits per heavy atom. The van der Waals surface area contributed by atoms with Crippen LogP contribution in [0.1, 0.15) is 64.7 Å². The topological polar surface area (TPSA) is 9.23 Å². The molecule has 0 saturated carbocycles. The van der Waals surface area contributed by atoms with Crippen molar-refractivity contribution in [2.75, 3.05) is 18.5 Å². The van der Waals surface area contributed by atoms with Gasteiger partial charge >= 0.3 is 0 Å². The molecule has 1 aliphatic heterocycles. The van der Waals surface area contributed by atoms with Gasteiger partial charge in [0, 0.05) is 17.4 Å². The summed E-state index contributed by atoms with van der Waals surface area (Å²) in [5.74, 6) is 0. The molecule has 0 bridgehead atoms. The molecule has 0 amide bonds. The van der Waals surface area contributed by atoms with E-state index in [0.29, 0.717) is 5.41 Å². The number of alkyl halides is 1. The minimum absolute atomic E-state index is 0.461. The number of hydrogen-bond donors (Lipinski definition) is 0. The van der Waals surface area contributed by atoms with Gasteiger partial charge in [-0.25, -0.2) is 0 Å². The third kappa shape index (κ3) is 5.18. The van der Waals surface area contributed by atoms with Crippen molar-refractivity contribution < 1.29 is 4.74 Å². The van der Waals surface area contributed by atoms with Crippen LogP contribution in [-0.4, -0.2) is 18.5 Å². The quantitative estimate of drug-likeness (QED) is 0.455. The molecule has 1 fully saturated rings. The van der Waals surface area contributed by atoms with E-state index in [1.165, 1.54) is 57.8 Å². The Balaban J connectivity index is 2.08. The predicted octanol–water partition coefficient (Wildman–Crippen LogP) is 4.93. The summed E-state index contributed by atoms with van der Waals surface area (Å²) >= 11 is 3.68. The molecule has 96 valence electrons. The Morgan fingerprint density at radius 2 is 1.88 bits per heavy atom. The number of ether oxygens (including phenoxy) is 1. The van der Waals surface area contributed by atoms with Crippen LogP contribution >= 0.6 is 15.9 Å². The van der Waals surface area contributed by atoms with Gasteiger partial charge in [0.1, 0.15) is 0 Å². The monoisotopic (exact) mass is 290 g/mol. The standard InChI is InChI=1S/C14H27BrO/c1-2-3-4-5-6-7-9-14(12-15)10-8-11-16-13-14/h2-13H2,1H3. The maximum Gasteiger partial charge on any atom is 0.0530 e. The Labute approximate surface area is 109 Å². The molecule has 0 radical (unpaired) electrons. The van der Waals surface area contributed by atoms with E-state index < -0.39 is 0 Å². The number of halogens is 1. The van der Waals surface area contributed by atoms with Crippen molar-refractivity contribution in [3.8, 4) is 0 Å². The molecule has 1 unspecified atom stereocenters.